The number of amides is 1. The molecule has 0 saturated heterocycles. The summed E-state index contributed by atoms with van der Waals surface area (Å²) < 4.78 is 6.95. The Morgan fingerprint density at radius 1 is 1.12 bits per heavy atom. The summed E-state index contributed by atoms with van der Waals surface area (Å²) in [5.41, 5.74) is 2.53. The van der Waals surface area contributed by atoms with Gasteiger partial charge in [0.2, 0.25) is 0 Å². The van der Waals surface area contributed by atoms with Crippen LogP contribution in [-0.2, 0) is 4.74 Å². The number of nitrogens with one attached hydrogen (secondary N) is 2. The molecular weight excluding hydrogens is 304 g/mol. The second-order valence-electron chi connectivity index (χ2n) is 5.06. The molecule has 1 heterocycles. The minimum absolute atomic E-state index is 0.0942. The molecule has 0 fully saturated rings. The topological polar surface area (TPSA) is 80.0 Å². The third kappa shape index (κ3) is 3.86. The van der Waals surface area contributed by atoms with Crippen LogP contribution in [0.3, 0.4) is 0 Å². The van der Waals surface area contributed by atoms with E-state index in [1.54, 1.807) is 24.7 Å². The maximum Gasteiger partial charge on any atom is 0.412 e. The molecule has 2 N–H and O–H groups in total. The van der Waals surface area contributed by atoms with E-state index in [0.29, 0.717) is 11.3 Å². The third-order valence-electron chi connectivity index (χ3n) is 3.39. The molecule has 120 valence electrons. The molecule has 3 rings (SSSR count). The normalized spacial score (nSPS) is 10.2. The van der Waals surface area contributed by atoms with Crippen molar-refractivity contribution in [2.75, 3.05) is 11.9 Å². The van der Waals surface area contributed by atoms with Crippen molar-refractivity contribution in [1.29, 1.82) is 5.41 Å². The van der Waals surface area contributed by atoms with Crippen molar-refractivity contribution in [3.8, 4) is 5.69 Å². The van der Waals surface area contributed by atoms with Gasteiger partial charge in [-0.1, -0.05) is 30.3 Å². The van der Waals surface area contributed by atoms with Crippen LogP contribution in [0, 0.1) is 5.41 Å². The van der Waals surface area contributed by atoms with Crippen molar-refractivity contribution in [3.05, 3.63) is 78.9 Å². The molecule has 0 bridgehead atoms. The first-order valence-electron chi connectivity index (χ1n) is 7.37. The zero-order valence-electron chi connectivity index (χ0n) is 12.8. The number of para-hydroxylation sites is 1. The van der Waals surface area contributed by atoms with Crippen molar-refractivity contribution >= 4 is 17.5 Å². The van der Waals surface area contributed by atoms with E-state index in [4.69, 9.17) is 10.1 Å². The van der Waals surface area contributed by atoms with Crippen LogP contribution in [0.2, 0.25) is 0 Å². The van der Waals surface area contributed by atoms with E-state index >= 15 is 0 Å². The first-order valence-corrected chi connectivity index (χ1v) is 7.37. The number of benzene rings is 2. The molecule has 3 aromatic rings. The Hall–Kier alpha value is -3.41. The second-order valence-corrected chi connectivity index (χ2v) is 5.06. The average Bonchev–Trinajstić information content (AvgIpc) is 3.15. The van der Waals surface area contributed by atoms with Gasteiger partial charge in [0.25, 0.3) is 0 Å². The molecule has 0 unspecified atom stereocenters. The van der Waals surface area contributed by atoms with E-state index in [2.05, 4.69) is 10.3 Å². The number of imidazole rings is 1. The maximum absolute atomic E-state index is 11.7. The number of rotatable bonds is 5. The summed E-state index contributed by atoms with van der Waals surface area (Å²) in [6.45, 7) is -0.0942. The summed E-state index contributed by atoms with van der Waals surface area (Å²) in [5, 5.41) is 10.6. The lowest BCUT2D eigenvalue weighted by molar-refractivity contribution is 0.177. The summed E-state index contributed by atoms with van der Waals surface area (Å²) in [7, 11) is 0. The lowest BCUT2D eigenvalue weighted by Crippen LogP contribution is -2.19. The summed E-state index contributed by atoms with van der Waals surface area (Å²) in [4.78, 5) is 15.7. The van der Waals surface area contributed by atoms with Crippen LogP contribution < -0.4 is 5.32 Å². The standard InChI is InChI=1S/C18H16N4O2/c19-17(12-24-18(23)21-15-4-2-1-3-5-15)14-6-8-16(9-7-14)22-11-10-20-13-22/h1-11,13,19H,12H2,(H,21,23). The van der Waals surface area contributed by atoms with Gasteiger partial charge in [0.1, 0.15) is 6.61 Å². The molecule has 0 saturated carbocycles. The fourth-order valence-electron chi connectivity index (χ4n) is 2.14. The van der Waals surface area contributed by atoms with Gasteiger partial charge >= 0.3 is 6.09 Å². The predicted octanol–water partition coefficient (Wildman–Crippen LogP) is 3.49. The quantitative estimate of drug-likeness (QED) is 0.706. The van der Waals surface area contributed by atoms with Gasteiger partial charge in [0.05, 0.1) is 12.0 Å². The lowest BCUT2D eigenvalue weighted by atomic mass is 10.1. The molecule has 0 aliphatic carbocycles. The number of hydrogen-bond acceptors (Lipinski definition) is 4. The number of carbonyl (C=O) groups excluding carboxylic acids is 1. The number of ether oxygens (including phenoxy) is 1. The summed E-state index contributed by atoms with van der Waals surface area (Å²) >= 11 is 0. The molecule has 6 heteroatoms. The predicted molar refractivity (Wildman–Crippen MR) is 91.8 cm³/mol. The first-order chi connectivity index (χ1) is 11.7. The van der Waals surface area contributed by atoms with E-state index in [0.717, 1.165) is 5.69 Å². The zero-order chi connectivity index (χ0) is 16.8. The Balaban J connectivity index is 1.54. The Labute approximate surface area is 139 Å². The maximum atomic E-state index is 11.7. The number of anilines is 1. The number of hydrogen-bond donors (Lipinski definition) is 2. The van der Waals surface area contributed by atoms with Gasteiger partial charge in [-0.3, -0.25) is 5.32 Å². The number of nitrogens with zero attached hydrogens (tertiary/aromatic N) is 2. The highest BCUT2D eigenvalue weighted by atomic mass is 16.5. The average molecular weight is 320 g/mol. The smallest absolute Gasteiger partial charge is 0.412 e. The second kappa shape index (κ2) is 7.23. The van der Waals surface area contributed by atoms with E-state index in [1.165, 1.54) is 0 Å². The molecule has 1 amide bonds. The number of aromatic nitrogens is 2. The Morgan fingerprint density at radius 2 is 1.88 bits per heavy atom. The Kier molecular flexibility index (Phi) is 4.67. The Bertz CT molecular complexity index is 812. The summed E-state index contributed by atoms with van der Waals surface area (Å²) in [5.74, 6) is 0. The largest absolute Gasteiger partial charge is 0.443 e. The van der Waals surface area contributed by atoms with E-state index in [9.17, 15) is 4.79 Å². The summed E-state index contributed by atoms with van der Waals surface area (Å²) in [6, 6.07) is 16.4. The van der Waals surface area contributed by atoms with Crippen molar-refractivity contribution in [2.24, 2.45) is 0 Å². The van der Waals surface area contributed by atoms with E-state index in [1.807, 2.05) is 53.2 Å². The molecule has 0 aliphatic rings. The van der Waals surface area contributed by atoms with Gasteiger partial charge in [-0.05, 0) is 29.8 Å². The van der Waals surface area contributed by atoms with Gasteiger partial charge in [0.15, 0.2) is 0 Å². The van der Waals surface area contributed by atoms with Gasteiger partial charge in [0, 0.05) is 23.8 Å². The highest BCUT2D eigenvalue weighted by molar-refractivity contribution is 6.00. The van der Waals surface area contributed by atoms with Crippen molar-refractivity contribution in [1.82, 2.24) is 9.55 Å². The van der Waals surface area contributed by atoms with E-state index in [-0.39, 0.29) is 12.3 Å². The van der Waals surface area contributed by atoms with Crippen LogP contribution >= 0.6 is 0 Å². The van der Waals surface area contributed by atoms with Gasteiger partial charge in [-0.15, -0.1) is 0 Å². The van der Waals surface area contributed by atoms with Crippen molar-refractivity contribution in [2.45, 2.75) is 0 Å². The highest BCUT2D eigenvalue weighted by Crippen LogP contribution is 2.10. The molecule has 6 nitrogen and oxygen atoms in total. The first kappa shape index (κ1) is 15.5. The minimum Gasteiger partial charge on any atom is -0.443 e. The van der Waals surface area contributed by atoms with Gasteiger partial charge < -0.3 is 14.7 Å². The molecule has 2 aromatic carbocycles. The minimum atomic E-state index is -0.582. The van der Waals surface area contributed by atoms with Crippen LogP contribution in [0.25, 0.3) is 5.69 Å². The molecule has 0 spiro atoms. The third-order valence-corrected chi connectivity index (χ3v) is 3.39. The van der Waals surface area contributed by atoms with Crippen LogP contribution in [0.5, 0.6) is 0 Å². The lowest BCUT2D eigenvalue weighted by Gasteiger charge is -2.09. The molecular formula is C18H16N4O2. The van der Waals surface area contributed by atoms with Crippen molar-refractivity contribution in [3.63, 3.8) is 0 Å². The van der Waals surface area contributed by atoms with E-state index < -0.39 is 6.09 Å². The molecule has 24 heavy (non-hydrogen) atoms. The van der Waals surface area contributed by atoms with Crippen molar-refractivity contribution < 1.29 is 9.53 Å². The van der Waals surface area contributed by atoms with Crippen LogP contribution in [0.4, 0.5) is 10.5 Å². The van der Waals surface area contributed by atoms with Crippen LogP contribution in [0.15, 0.2) is 73.3 Å². The van der Waals surface area contributed by atoms with Gasteiger partial charge in [-0.2, -0.15) is 0 Å². The molecule has 0 radical (unpaired) electrons. The summed E-state index contributed by atoms with van der Waals surface area (Å²) in [6.07, 6.45) is 4.67. The molecule has 0 aliphatic heterocycles. The van der Waals surface area contributed by atoms with Crippen LogP contribution in [0.1, 0.15) is 5.56 Å². The molecule has 0 atom stereocenters. The molecule has 1 aromatic heterocycles. The zero-order valence-corrected chi connectivity index (χ0v) is 12.8. The SMILES string of the molecule is N=C(COC(=O)Nc1ccccc1)c1ccc(-n2ccnc2)cc1. The fraction of sp³-hybridized carbons (Fsp3) is 0.0556. The fourth-order valence-corrected chi connectivity index (χ4v) is 2.14. The van der Waals surface area contributed by atoms with Crippen LogP contribution in [-0.4, -0.2) is 28.0 Å². The Morgan fingerprint density at radius 3 is 2.54 bits per heavy atom. The van der Waals surface area contributed by atoms with Gasteiger partial charge in [-0.25, -0.2) is 9.78 Å². The monoisotopic (exact) mass is 320 g/mol. The highest BCUT2D eigenvalue weighted by Gasteiger charge is 2.07. The number of carbonyl (C=O) groups is 1.